The number of nitriles is 1. The molecule has 1 aromatic carbocycles. The summed E-state index contributed by atoms with van der Waals surface area (Å²) in [7, 11) is 1.87. The van der Waals surface area contributed by atoms with Crippen LogP contribution < -0.4 is 5.32 Å². The highest BCUT2D eigenvalue weighted by Crippen LogP contribution is 2.18. The number of thiocyanates is 1. The second-order valence-electron chi connectivity index (χ2n) is 1.97. The van der Waals surface area contributed by atoms with Crippen LogP contribution >= 0.6 is 24.2 Å². The summed E-state index contributed by atoms with van der Waals surface area (Å²) in [6, 6.07) is 7.72. The van der Waals surface area contributed by atoms with Gasteiger partial charge in [0, 0.05) is 17.6 Å². The molecule has 64 valence electrons. The maximum Gasteiger partial charge on any atom is 0.138 e. The molecule has 0 radical (unpaired) electrons. The zero-order valence-electron chi connectivity index (χ0n) is 6.57. The van der Waals surface area contributed by atoms with E-state index < -0.39 is 0 Å². The van der Waals surface area contributed by atoms with Crippen molar-refractivity contribution < 1.29 is 0 Å². The minimum atomic E-state index is 0. The van der Waals surface area contributed by atoms with Crippen molar-refractivity contribution in [3.05, 3.63) is 24.3 Å². The molecular formula is C8H9ClN2S. The van der Waals surface area contributed by atoms with Gasteiger partial charge >= 0.3 is 0 Å². The van der Waals surface area contributed by atoms with Gasteiger partial charge in [-0.3, -0.25) is 0 Å². The predicted molar refractivity (Wildman–Crippen MR) is 54.7 cm³/mol. The van der Waals surface area contributed by atoms with E-state index in [2.05, 4.69) is 5.32 Å². The fourth-order valence-electron chi connectivity index (χ4n) is 0.742. The number of nitrogens with one attached hydrogen (secondary N) is 1. The smallest absolute Gasteiger partial charge is 0.138 e. The number of anilines is 1. The zero-order chi connectivity index (χ0) is 8.10. The molecule has 1 rings (SSSR count). The van der Waals surface area contributed by atoms with E-state index >= 15 is 0 Å². The lowest BCUT2D eigenvalue weighted by Crippen LogP contribution is -1.85. The topological polar surface area (TPSA) is 35.8 Å². The summed E-state index contributed by atoms with van der Waals surface area (Å²) in [6.07, 6.45) is 0. The lowest BCUT2D eigenvalue weighted by molar-refractivity contribution is 1.43. The molecular weight excluding hydrogens is 192 g/mol. The second kappa shape index (κ2) is 5.76. The molecule has 0 atom stereocenters. The van der Waals surface area contributed by atoms with Gasteiger partial charge in [0.1, 0.15) is 5.40 Å². The van der Waals surface area contributed by atoms with Crippen molar-refractivity contribution >= 4 is 29.9 Å². The fourth-order valence-corrected chi connectivity index (χ4v) is 1.12. The minimum absolute atomic E-state index is 0. The summed E-state index contributed by atoms with van der Waals surface area (Å²) in [4.78, 5) is 0.978. The van der Waals surface area contributed by atoms with Crippen molar-refractivity contribution in [2.45, 2.75) is 4.90 Å². The first-order valence-corrected chi connectivity index (χ1v) is 4.02. The minimum Gasteiger partial charge on any atom is -0.388 e. The molecule has 12 heavy (non-hydrogen) atoms. The third-order valence-corrected chi connectivity index (χ3v) is 1.91. The quantitative estimate of drug-likeness (QED) is 0.589. The molecule has 0 spiro atoms. The van der Waals surface area contributed by atoms with Gasteiger partial charge in [0.05, 0.1) is 0 Å². The fraction of sp³-hybridized carbons (Fsp3) is 0.125. The van der Waals surface area contributed by atoms with Gasteiger partial charge in [-0.05, 0) is 36.0 Å². The summed E-state index contributed by atoms with van der Waals surface area (Å²) in [5.41, 5.74) is 1.06. The van der Waals surface area contributed by atoms with E-state index in [1.165, 1.54) is 11.8 Å². The van der Waals surface area contributed by atoms with E-state index in [4.69, 9.17) is 5.26 Å². The van der Waals surface area contributed by atoms with E-state index in [0.717, 1.165) is 10.6 Å². The van der Waals surface area contributed by atoms with E-state index in [-0.39, 0.29) is 12.4 Å². The Morgan fingerprint density at radius 2 is 1.92 bits per heavy atom. The molecule has 0 heterocycles. The van der Waals surface area contributed by atoms with Gasteiger partial charge in [-0.1, -0.05) is 0 Å². The Hall–Kier alpha value is -0.850. The van der Waals surface area contributed by atoms with Gasteiger partial charge < -0.3 is 5.32 Å². The van der Waals surface area contributed by atoms with Crippen LogP contribution in [0.4, 0.5) is 5.69 Å². The lowest BCUT2D eigenvalue weighted by Gasteiger charge is -1.98. The standard InChI is InChI=1S/C8H8N2S.ClH/c1-10-7-2-4-8(5-3-7)11-6-9;/h2-5,10H,1H3;1H. The third kappa shape index (κ3) is 3.04. The molecule has 0 saturated carbocycles. The number of benzene rings is 1. The normalized spacial score (nSPS) is 8.00. The Labute approximate surface area is 82.4 Å². The van der Waals surface area contributed by atoms with Crippen LogP contribution in [0.1, 0.15) is 0 Å². The molecule has 0 bridgehead atoms. The zero-order valence-corrected chi connectivity index (χ0v) is 8.21. The van der Waals surface area contributed by atoms with Gasteiger partial charge in [0.2, 0.25) is 0 Å². The van der Waals surface area contributed by atoms with Gasteiger partial charge in [0.25, 0.3) is 0 Å². The van der Waals surface area contributed by atoms with Gasteiger partial charge in [0.15, 0.2) is 0 Å². The van der Waals surface area contributed by atoms with Gasteiger partial charge in [-0.2, -0.15) is 5.26 Å². The van der Waals surface area contributed by atoms with Crippen molar-refractivity contribution in [2.24, 2.45) is 0 Å². The summed E-state index contributed by atoms with van der Waals surface area (Å²) in [5.74, 6) is 0. The highest BCUT2D eigenvalue weighted by Gasteiger charge is 1.91. The molecule has 2 nitrogen and oxygen atoms in total. The Morgan fingerprint density at radius 1 is 1.33 bits per heavy atom. The number of thioether (sulfide) groups is 1. The summed E-state index contributed by atoms with van der Waals surface area (Å²) in [5, 5.41) is 13.4. The van der Waals surface area contributed by atoms with Crippen LogP contribution in [-0.4, -0.2) is 7.05 Å². The highest BCUT2D eigenvalue weighted by atomic mass is 35.5. The maximum atomic E-state index is 8.34. The van der Waals surface area contributed by atoms with Crippen molar-refractivity contribution in [2.75, 3.05) is 12.4 Å². The molecule has 0 aliphatic rings. The number of halogens is 1. The lowest BCUT2D eigenvalue weighted by atomic mass is 10.3. The van der Waals surface area contributed by atoms with Crippen molar-refractivity contribution in [1.82, 2.24) is 0 Å². The maximum absolute atomic E-state index is 8.34. The van der Waals surface area contributed by atoms with Crippen molar-refractivity contribution in [3.8, 4) is 5.40 Å². The summed E-state index contributed by atoms with van der Waals surface area (Å²) < 4.78 is 0. The van der Waals surface area contributed by atoms with Crippen molar-refractivity contribution in [1.29, 1.82) is 5.26 Å². The van der Waals surface area contributed by atoms with Crippen LogP contribution in [0.2, 0.25) is 0 Å². The summed E-state index contributed by atoms with van der Waals surface area (Å²) >= 11 is 1.17. The van der Waals surface area contributed by atoms with Crippen LogP contribution in [0.3, 0.4) is 0 Å². The van der Waals surface area contributed by atoms with E-state index in [1.807, 2.05) is 36.7 Å². The number of hydrogen-bond donors (Lipinski definition) is 1. The average molecular weight is 201 g/mol. The molecule has 1 aromatic rings. The van der Waals surface area contributed by atoms with E-state index in [0.29, 0.717) is 0 Å². The molecule has 0 unspecified atom stereocenters. The average Bonchev–Trinajstić information content (AvgIpc) is 2.07. The van der Waals surface area contributed by atoms with Crippen LogP contribution in [0, 0.1) is 10.7 Å². The Kier molecular flexibility index (Phi) is 5.35. The molecule has 4 heteroatoms. The van der Waals surface area contributed by atoms with Crippen LogP contribution in [-0.2, 0) is 0 Å². The highest BCUT2D eigenvalue weighted by molar-refractivity contribution is 8.03. The first kappa shape index (κ1) is 11.2. The first-order chi connectivity index (χ1) is 5.36. The Balaban J connectivity index is 0.00000121. The molecule has 0 amide bonds. The molecule has 0 saturated heterocycles. The Bertz CT molecular complexity index is 265. The van der Waals surface area contributed by atoms with Crippen LogP contribution in [0.15, 0.2) is 29.2 Å². The van der Waals surface area contributed by atoms with Crippen LogP contribution in [0.5, 0.6) is 0 Å². The largest absolute Gasteiger partial charge is 0.388 e. The monoisotopic (exact) mass is 200 g/mol. The molecule has 1 N–H and O–H groups in total. The summed E-state index contributed by atoms with van der Waals surface area (Å²) in [6.45, 7) is 0. The first-order valence-electron chi connectivity index (χ1n) is 3.20. The molecule has 0 aliphatic carbocycles. The van der Waals surface area contributed by atoms with Gasteiger partial charge in [-0.15, -0.1) is 12.4 Å². The molecule has 0 aromatic heterocycles. The number of rotatable bonds is 2. The third-order valence-electron chi connectivity index (χ3n) is 1.31. The van der Waals surface area contributed by atoms with Crippen molar-refractivity contribution in [3.63, 3.8) is 0 Å². The molecule has 0 aliphatic heterocycles. The van der Waals surface area contributed by atoms with Gasteiger partial charge in [-0.25, -0.2) is 0 Å². The number of nitrogens with zero attached hydrogens (tertiary/aromatic N) is 1. The second-order valence-corrected chi connectivity index (χ2v) is 2.83. The van der Waals surface area contributed by atoms with E-state index in [1.54, 1.807) is 0 Å². The molecule has 0 fully saturated rings. The predicted octanol–water partition coefficient (Wildman–Crippen LogP) is 2.72. The SMILES string of the molecule is CNc1ccc(SC#N)cc1.Cl. The number of hydrogen-bond acceptors (Lipinski definition) is 3. The van der Waals surface area contributed by atoms with E-state index in [9.17, 15) is 0 Å². The van der Waals surface area contributed by atoms with Crippen LogP contribution in [0.25, 0.3) is 0 Å². The Morgan fingerprint density at radius 3 is 2.33 bits per heavy atom.